The maximum atomic E-state index is 12.3. The number of hydrogen-bond acceptors (Lipinski definition) is 4. The van der Waals surface area contributed by atoms with E-state index in [1.54, 1.807) is 35.5 Å². The zero-order valence-corrected chi connectivity index (χ0v) is 13.9. The Hall–Kier alpha value is -2.38. The van der Waals surface area contributed by atoms with Crippen molar-refractivity contribution in [1.82, 2.24) is 14.5 Å². The molecule has 2 heterocycles. The van der Waals surface area contributed by atoms with Gasteiger partial charge >= 0.3 is 0 Å². The fourth-order valence-electron chi connectivity index (χ4n) is 2.45. The van der Waals surface area contributed by atoms with E-state index < -0.39 is 10.0 Å². The predicted molar refractivity (Wildman–Crippen MR) is 91.0 cm³/mol. The number of nitrogens with one attached hydrogen (secondary N) is 1. The molecule has 3 rings (SSSR count). The molecule has 0 saturated heterocycles. The van der Waals surface area contributed by atoms with Crippen LogP contribution in [0.15, 0.2) is 71.6 Å². The summed E-state index contributed by atoms with van der Waals surface area (Å²) in [7, 11) is -3.39. The normalized spacial score (nSPS) is 13.0. The van der Waals surface area contributed by atoms with Crippen molar-refractivity contribution in [3.05, 3.63) is 78.5 Å². The van der Waals surface area contributed by atoms with Crippen molar-refractivity contribution in [2.24, 2.45) is 0 Å². The minimum absolute atomic E-state index is 0.0427. The molecule has 7 heteroatoms. The first-order chi connectivity index (χ1) is 11.6. The minimum Gasteiger partial charge on any atom is -0.467 e. The Morgan fingerprint density at radius 3 is 2.62 bits per heavy atom. The molecule has 1 N–H and O–H groups in total. The van der Waals surface area contributed by atoms with Crippen molar-refractivity contribution in [2.75, 3.05) is 12.3 Å². The first-order valence-electron chi connectivity index (χ1n) is 7.68. The highest BCUT2D eigenvalue weighted by molar-refractivity contribution is 7.89. The highest BCUT2D eigenvalue weighted by Crippen LogP contribution is 2.17. The average Bonchev–Trinajstić information content (AvgIpc) is 3.28. The summed E-state index contributed by atoms with van der Waals surface area (Å²) in [5.41, 5.74) is 0.998. The number of nitrogens with zero attached hydrogens (tertiary/aromatic N) is 2. The minimum atomic E-state index is -3.39. The summed E-state index contributed by atoms with van der Waals surface area (Å²) >= 11 is 0. The Morgan fingerprint density at radius 1 is 1.12 bits per heavy atom. The van der Waals surface area contributed by atoms with E-state index in [0.29, 0.717) is 12.2 Å². The smallest absolute Gasteiger partial charge is 0.212 e. The lowest BCUT2D eigenvalue weighted by Crippen LogP contribution is -2.33. The summed E-state index contributed by atoms with van der Waals surface area (Å²) in [5.74, 6) is 0.700. The van der Waals surface area contributed by atoms with Crippen LogP contribution in [0.3, 0.4) is 0 Å². The Labute approximate surface area is 141 Å². The van der Waals surface area contributed by atoms with Gasteiger partial charge in [-0.2, -0.15) is 5.10 Å². The predicted octanol–water partition coefficient (Wildman–Crippen LogP) is 2.23. The van der Waals surface area contributed by atoms with Crippen LogP contribution >= 0.6 is 0 Å². The molecule has 24 heavy (non-hydrogen) atoms. The van der Waals surface area contributed by atoms with Gasteiger partial charge in [-0.1, -0.05) is 30.3 Å². The van der Waals surface area contributed by atoms with Gasteiger partial charge in [0.1, 0.15) is 11.8 Å². The highest BCUT2D eigenvalue weighted by Gasteiger charge is 2.20. The number of rotatable bonds is 8. The number of aromatic nitrogens is 2. The number of furan rings is 1. The highest BCUT2D eigenvalue weighted by atomic mass is 32.2. The molecule has 3 aromatic rings. The summed E-state index contributed by atoms with van der Waals surface area (Å²) in [6.07, 6.45) is 5.48. The quantitative estimate of drug-likeness (QED) is 0.679. The molecule has 0 aliphatic carbocycles. The molecule has 0 bridgehead atoms. The van der Waals surface area contributed by atoms with Crippen molar-refractivity contribution in [3.63, 3.8) is 0 Å². The van der Waals surface area contributed by atoms with E-state index in [-0.39, 0.29) is 18.3 Å². The zero-order chi connectivity index (χ0) is 16.8. The van der Waals surface area contributed by atoms with Crippen LogP contribution in [0.5, 0.6) is 0 Å². The zero-order valence-electron chi connectivity index (χ0n) is 13.1. The standard InChI is InChI=1S/C17H19N3O3S/c21-24(22,13-9-15-6-2-1-3-7-15)19-14-16(17-8-4-12-23-17)20-11-5-10-18-20/h1-8,10-12,16,19H,9,13-14H2/t16-/m0/s1. The van der Waals surface area contributed by atoms with Gasteiger partial charge in [0.25, 0.3) is 0 Å². The van der Waals surface area contributed by atoms with E-state index in [0.717, 1.165) is 5.56 Å². The number of sulfonamides is 1. The van der Waals surface area contributed by atoms with E-state index in [2.05, 4.69) is 9.82 Å². The van der Waals surface area contributed by atoms with Crippen LogP contribution in [0.1, 0.15) is 17.4 Å². The fraction of sp³-hybridized carbons (Fsp3) is 0.235. The Kier molecular flexibility index (Phi) is 5.12. The van der Waals surface area contributed by atoms with Gasteiger partial charge in [-0.15, -0.1) is 0 Å². The molecule has 1 atom stereocenters. The second kappa shape index (κ2) is 7.46. The van der Waals surface area contributed by atoms with Crippen LogP contribution in [0.2, 0.25) is 0 Å². The Balaban J connectivity index is 1.63. The van der Waals surface area contributed by atoms with Crippen LogP contribution in [-0.4, -0.2) is 30.5 Å². The summed E-state index contributed by atoms with van der Waals surface area (Å²) < 4.78 is 34.3. The van der Waals surface area contributed by atoms with Gasteiger partial charge in [0.2, 0.25) is 10.0 Å². The maximum absolute atomic E-state index is 12.3. The number of hydrogen-bond donors (Lipinski definition) is 1. The lowest BCUT2D eigenvalue weighted by Gasteiger charge is -2.16. The van der Waals surface area contributed by atoms with Crippen molar-refractivity contribution >= 4 is 10.0 Å². The molecule has 0 aliphatic heterocycles. The Morgan fingerprint density at radius 2 is 1.96 bits per heavy atom. The van der Waals surface area contributed by atoms with Gasteiger partial charge in [-0.05, 0) is 30.2 Å². The largest absolute Gasteiger partial charge is 0.467 e. The molecule has 0 fully saturated rings. The van der Waals surface area contributed by atoms with E-state index in [9.17, 15) is 8.42 Å². The topological polar surface area (TPSA) is 77.1 Å². The molecule has 0 radical (unpaired) electrons. The first-order valence-corrected chi connectivity index (χ1v) is 9.33. The molecule has 126 valence electrons. The van der Waals surface area contributed by atoms with E-state index in [1.807, 2.05) is 36.4 Å². The second-order valence-electron chi connectivity index (χ2n) is 5.42. The summed E-state index contributed by atoms with van der Waals surface area (Å²) in [6, 6.07) is 14.6. The third-order valence-electron chi connectivity index (χ3n) is 3.71. The maximum Gasteiger partial charge on any atom is 0.212 e. The van der Waals surface area contributed by atoms with Crippen molar-refractivity contribution in [2.45, 2.75) is 12.5 Å². The molecule has 1 aromatic carbocycles. The lowest BCUT2D eigenvalue weighted by atomic mass is 10.2. The van der Waals surface area contributed by atoms with Gasteiger partial charge in [0, 0.05) is 18.9 Å². The molecule has 0 saturated carbocycles. The number of benzene rings is 1. The summed E-state index contributed by atoms with van der Waals surface area (Å²) in [6.45, 7) is 0.187. The average molecular weight is 345 g/mol. The molecule has 2 aromatic heterocycles. The first kappa shape index (κ1) is 16.5. The van der Waals surface area contributed by atoms with Crippen LogP contribution in [-0.2, 0) is 16.4 Å². The molecular weight excluding hydrogens is 326 g/mol. The summed E-state index contributed by atoms with van der Waals surface area (Å²) in [4.78, 5) is 0. The molecule has 0 spiro atoms. The van der Waals surface area contributed by atoms with E-state index in [4.69, 9.17) is 4.42 Å². The molecule has 0 unspecified atom stereocenters. The third kappa shape index (κ3) is 4.33. The van der Waals surface area contributed by atoms with Gasteiger partial charge in [0.05, 0.1) is 12.0 Å². The Bertz CT molecular complexity index is 794. The van der Waals surface area contributed by atoms with Gasteiger partial charge < -0.3 is 4.42 Å². The van der Waals surface area contributed by atoms with E-state index in [1.165, 1.54) is 0 Å². The lowest BCUT2D eigenvalue weighted by molar-refractivity contribution is 0.402. The molecule has 6 nitrogen and oxygen atoms in total. The van der Waals surface area contributed by atoms with Crippen molar-refractivity contribution in [1.29, 1.82) is 0 Å². The fourth-order valence-corrected chi connectivity index (χ4v) is 3.51. The van der Waals surface area contributed by atoms with Gasteiger partial charge in [0.15, 0.2) is 0 Å². The van der Waals surface area contributed by atoms with E-state index >= 15 is 0 Å². The second-order valence-corrected chi connectivity index (χ2v) is 7.35. The summed E-state index contributed by atoms with van der Waals surface area (Å²) in [5, 5.41) is 4.19. The van der Waals surface area contributed by atoms with Gasteiger partial charge in [-0.3, -0.25) is 4.68 Å². The van der Waals surface area contributed by atoms with Crippen LogP contribution in [0.25, 0.3) is 0 Å². The number of aryl methyl sites for hydroxylation is 1. The van der Waals surface area contributed by atoms with Crippen molar-refractivity contribution in [3.8, 4) is 0 Å². The van der Waals surface area contributed by atoms with Crippen molar-refractivity contribution < 1.29 is 12.8 Å². The van der Waals surface area contributed by atoms with Crippen LogP contribution in [0, 0.1) is 0 Å². The third-order valence-corrected chi connectivity index (χ3v) is 5.06. The SMILES string of the molecule is O=S(=O)(CCc1ccccc1)NC[C@@H](c1ccco1)n1cccn1. The molecule has 0 aliphatic rings. The monoisotopic (exact) mass is 345 g/mol. The van der Waals surface area contributed by atoms with Gasteiger partial charge in [-0.25, -0.2) is 13.1 Å². The molecule has 0 amide bonds. The van der Waals surface area contributed by atoms with Crippen LogP contribution < -0.4 is 4.72 Å². The van der Waals surface area contributed by atoms with Crippen LogP contribution in [0.4, 0.5) is 0 Å². The molecular formula is C17H19N3O3S.